The standard InChI is InChI=1S/C69H43N3O/c1-70-64-31-27-45(40-67(64)73-68-41-48(28-32-65(68)70)69-54-18-6-3-14-46(54)34-47-15-4-7-19-55(47)69)44-26-30-63-58(37-44)56-20-8-10-22-61(56)71(63)52-29-25-43-33-50-38-59-57-21-9-11-23-62(57)72(66(59)39-51(50)35-49(43)36-52)60-24-12-16-42-13-2-5-17-53(42)60/h2-41H,1H3. The van der Waals surface area contributed by atoms with Gasteiger partial charge in [0.2, 0.25) is 0 Å². The Labute approximate surface area is 420 Å². The van der Waals surface area contributed by atoms with Crippen molar-refractivity contribution >= 4 is 109 Å². The second-order valence-corrected chi connectivity index (χ2v) is 19.8. The molecule has 4 nitrogen and oxygen atoms in total. The average Bonchev–Trinajstić information content (AvgIpc) is 3.94. The summed E-state index contributed by atoms with van der Waals surface area (Å²) in [7, 11) is 2.13. The Kier molecular flexibility index (Phi) is 8.35. The number of fused-ring (bicyclic) bond motifs is 13. The fraction of sp³-hybridized carbons (Fsp3) is 0.0145. The van der Waals surface area contributed by atoms with E-state index >= 15 is 0 Å². The number of ether oxygens (including phenoxy) is 1. The average molecular weight is 930 g/mol. The van der Waals surface area contributed by atoms with Gasteiger partial charge in [-0.2, -0.15) is 0 Å². The maximum absolute atomic E-state index is 6.91. The zero-order valence-corrected chi connectivity index (χ0v) is 39.8. The Morgan fingerprint density at radius 1 is 0.274 bits per heavy atom. The molecule has 0 fully saturated rings. The number of hydrogen-bond donors (Lipinski definition) is 0. The van der Waals surface area contributed by atoms with E-state index in [1.807, 2.05) is 0 Å². The predicted octanol–water partition coefficient (Wildman–Crippen LogP) is 18.9. The molecule has 1 aliphatic heterocycles. The van der Waals surface area contributed by atoms with Crippen LogP contribution in [-0.4, -0.2) is 16.2 Å². The van der Waals surface area contributed by atoms with Gasteiger partial charge in [0.05, 0.1) is 39.1 Å². The third-order valence-electron chi connectivity index (χ3n) is 15.8. The van der Waals surface area contributed by atoms with E-state index in [9.17, 15) is 0 Å². The van der Waals surface area contributed by atoms with Crippen molar-refractivity contribution in [2.24, 2.45) is 0 Å². The second-order valence-electron chi connectivity index (χ2n) is 19.8. The summed E-state index contributed by atoms with van der Waals surface area (Å²) in [5.74, 6) is 1.69. The van der Waals surface area contributed by atoms with Gasteiger partial charge < -0.3 is 18.8 Å². The lowest BCUT2D eigenvalue weighted by atomic mass is 9.91. The molecule has 0 saturated carbocycles. The molecule has 2 aromatic heterocycles. The van der Waals surface area contributed by atoms with Crippen LogP contribution in [-0.2, 0) is 0 Å². The van der Waals surface area contributed by atoms with Crippen LogP contribution in [0.4, 0.5) is 11.4 Å². The Bertz CT molecular complexity index is 4800. The Balaban J connectivity index is 0.789. The van der Waals surface area contributed by atoms with E-state index in [0.717, 1.165) is 45.3 Å². The zero-order valence-electron chi connectivity index (χ0n) is 39.8. The molecule has 340 valence electrons. The first-order valence-electron chi connectivity index (χ1n) is 25.1. The van der Waals surface area contributed by atoms with Gasteiger partial charge in [-0.15, -0.1) is 0 Å². The molecule has 0 aliphatic carbocycles. The monoisotopic (exact) mass is 929 g/mol. The van der Waals surface area contributed by atoms with Gasteiger partial charge in [-0.3, -0.25) is 0 Å². The van der Waals surface area contributed by atoms with E-state index in [4.69, 9.17) is 4.74 Å². The molecule has 0 N–H and O–H groups in total. The molecule has 0 bridgehead atoms. The molecule has 3 heterocycles. The summed E-state index contributed by atoms with van der Waals surface area (Å²) >= 11 is 0. The van der Waals surface area contributed by atoms with Gasteiger partial charge in [-0.05, 0) is 168 Å². The maximum atomic E-state index is 6.91. The van der Waals surface area contributed by atoms with E-state index in [1.54, 1.807) is 0 Å². The molecule has 0 radical (unpaired) electrons. The van der Waals surface area contributed by atoms with E-state index in [2.05, 4.69) is 264 Å². The lowest BCUT2D eigenvalue weighted by molar-refractivity contribution is 0.476. The number of benzene rings is 13. The second kappa shape index (κ2) is 15.2. The van der Waals surface area contributed by atoms with Gasteiger partial charge in [-0.25, -0.2) is 0 Å². The summed E-state index contributed by atoms with van der Waals surface area (Å²) in [4.78, 5) is 2.25. The number of para-hydroxylation sites is 2. The highest BCUT2D eigenvalue weighted by Gasteiger charge is 2.25. The van der Waals surface area contributed by atoms with Crippen LogP contribution in [0, 0.1) is 0 Å². The highest BCUT2D eigenvalue weighted by atomic mass is 16.5. The van der Waals surface area contributed by atoms with Crippen molar-refractivity contribution in [1.29, 1.82) is 0 Å². The molecule has 15 aromatic rings. The molecular formula is C69H43N3O. The molecule has 0 unspecified atom stereocenters. The highest BCUT2D eigenvalue weighted by molar-refractivity contribution is 6.17. The van der Waals surface area contributed by atoms with Crippen LogP contribution in [0.15, 0.2) is 243 Å². The summed E-state index contributed by atoms with van der Waals surface area (Å²) < 4.78 is 11.8. The molecular weight excluding hydrogens is 887 g/mol. The molecule has 4 heteroatoms. The zero-order chi connectivity index (χ0) is 47.9. The first-order valence-corrected chi connectivity index (χ1v) is 25.1. The number of aromatic nitrogens is 2. The Hall–Kier alpha value is -9.64. The third kappa shape index (κ3) is 5.95. The van der Waals surface area contributed by atoms with Gasteiger partial charge >= 0.3 is 0 Å². The predicted molar refractivity (Wildman–Crippen MR) is 308 cm³/mol. The molecule has 73 heavy (non-hydrogen) atoms. The summed E-state index contributed by atoms with van der Waals surface area (Å²) in [5.41, 5.74) is 13.8. The first-order chi connectivity index (χ1) is 36.1. The minimum atomic E-state index is 0.842. The molecule has 0 spiro atoms. The van der Waals surface area contributed by atoms with Gasteiger partial charge in [0.15, 0.2) is 11.5 Å². The minimum absolute atomic E-state index is 0.842. The maximum Gasteiger partial charge on any atom is 0.151 e. The number of anilines is 2. The van der Waals surface area contributed by atoms with Crippen LogP contribution in [0.3, 0.4) is 0 Å². The van der Waals surface area contributed by atoms with Crippen molar-refractivity contribution in [2.75, 3.05) is 11.9 Å². The van der Waals surface area contributed by atoms with Crippen LogP contribution < -0.4 is 9.64 Å². The topological polar surface area (TPSA) is 22.3 Å². The Morgan fingerprint density at radius 2 is 0.795 bits per heavy atom. The van der Waals surface area contributed by atoms with Crippen LogP contribution in [0.5, 0.6) is 11.5 Å². The van der Waals surface area contributed by atoms with E-state index < -0.39 is 0 Å². The summed E-state index contributed by atoms with van der Waals surface area (Å²) in [6, 6.07) is 89.3. The van der Waals surface area contributed by atoms with Crippen molar-refractivity contribution in [1.82, 2.24) is 9.13 Å². The quantitative estimate of drug-likeness (QED) is 0.164. The van der Waals surface area contributed by atoms with Gasteiger partial charge in [-0.1, -0.05) is 146 Å². The molecule has 16 rings (SSSR count). The molecule has 0 saturated heterocycles. The number of rotatable bonds is 4. The van der Waals surface area contributed by atoms with E-state index in [-0.39, 0.29) is 0 Å². The third-order valence-corrected chi connectivity index (χ3v) is 15.8. The van der Waals surface area contributed by atoms with E-state index in [0.29, 0.717) is 0 Å². The van der Waals surface area contributed by atoms with Crippen molar-refractivity contribution in [3.05, 3.63) is 243 Å². The van der Waals surface area contributed by atoms with Gasteiger partial charge in [0.1, 0.15) is 0 Å². The summed E-state index contributed by atoms with van der Waals surface area (Å²) in [6.45, 7) is 0. The SMILES string of the molecule is CN1c2ccc(-c3ccc4c(c3)c3ccccc3n4-c3ccc4cc5cc6c7ccccc7n(-c7cccc8ccccc78)c6cc5cc4c3)cc2Oc2cc(-c3c4ccccc4cc4ccccc34)ccc21. The lowest BCUT2D eigenvalue weighted by Gasteiger charge is -2.30. The number of hydrogen-bond acceptors (Lipinski definition) is 2. The highest BCUT2D eigenvalue weighted by Crippen LogP contribution is 2.50. The molecule has 0 atom stereocenters. The van der Waals surface area contributed by atoms with Crippen LogP contribution in [0.25, 0.3) is 131 Å². The van der Waals surface area contributed by atoms with Gasteiger partial charge in [0.25, 0.3) is 0 Å². The summed E-state index contributed by atoms with van der Waals surface area (Å²) in [6.07, 6.45) is 0. The van der Waals surface area contributed by atoms with Crippen molar-refractivity contribution in [3.8, 4) is 45.1 Å². The molecule has 1 aliphatic rings. The fourth-order valence-electron chi connectivity index (χ4n) is 12.3. The fourth-order valence-corrected chi connectivity index (χ4v) is 12.3. The normalized spacial score (nSPS) is 12.5. The van der Waals surface area contributed by atoms with Crippen LogP contribution in [0.2, 0.25) is 0 Å². The van der Waals surface area contributed by atoms with Crippen molar-refractivity contribution in [3.63, 3.8) is 0 Å². The lowest BCUT2D eigenvalue weighted by Crippen LogP contribution is -2.15. The molecule has 13 aromatic carbocycles. The van der Waals surface area contributed by atoms with Crippen LogP contribution >= 0.6 is 0 Å². The Morgan fingerprint density at radius 3 is 1.55 bits per heavy atom. The minimum Gasteiger partial charge on any atom is -0.453 e. The largest absolute Gasteiger partial charge is 0.453 e. The number of nitrogens with zero attached hydrogens (tertiary/aromatic N) is 3. The molecule has 0 amide bonds. The van der Waals surface area contributed by atoms with E-state index in [1.165, 1.54) is 109 Å². The van der Waals surface area contributed by atoms with Crippen LogP contribution in [0.1, 0.15) is 0 Å². The van der Waals surface area contributed by atoms with Crippen molar-refractivity contribution < 1.29 is 4.74 Å². The van der Waals surface area contributed by atoms with Crippen molar-refractivity contribution in [2.45, 2.75) is 0 Å². The van der Waals surface area contributed by atoms with Gasteiger partial charge in [0, 0.05) is 39.7 Å². The first kappa shape index (κ1) is 40.1. The smallest absolute Gasteiger partial charge is 0.151 e. The summed E-state index contributed by atoms with van der Waals surface area (Å²) in [5, 5.41) is 17.2.